The van der Waals surface area contributed by atoms with Crippen LogP contribution in [0, 0.1) is 0 Å². The Morgan fingerprint density at radius 3 is 2.09 bits per heavy atom. The third-order valence-corrected chi connectivity index (χ3v) is 12.0. The number of rotatable bonds is 10. The smallest absolute Gasteiger partial charge is 0.244 e. The second-order valence-corrected chi connectivity index (χ2v) is 16.8. The Hall–Kier alpha value is -6.46. The third-order valence-electron chi connectivity index (χ3n) is 12.0. The van der Waals surface area contributed by atoms with Gasteiger partial charge in [0, 0.05) is 44.5 Å². The minimum atomic E-state index is -0.00269. The van der Waals surface area contributed by atoms with E-state index in [4.69, 9.17) is 4.42 Å². The van der Waals surface area contributed by atoms with Crippen molar-refractivity contribution in [2.75, 3.05) is 10.2 Å². The molecule has 0 aliphatic carbocycles. The molecule has 58 heavy (non-hydrogen) atoms. The number of nitrogens with one attached hydrogen (secondary N) is 1. The van der Waals surface area contributed by atoms with Gasteiger partial charge in [-0.1, -0.05) is 132 Å². The summed E-state index contributed by atoms with van der Waals surface area (Å²) in [7, 11) is 0.675. The second kappa shape index (κ2) is 14.5. The van der Waals surface area contributed by atoms with Gasteiger partial charge in [0.15, 0.2) is 0 Å². The van der Waals surface area contributed by atoms with Crippen LogP contribution in [0.2, 0.25) is 0 Å². The van der Waals surface area contributed by atoms with Gasteiger partial charge in [-0.25, -0.2) is 0 Å². The minimum Gasteiger partial charge on any atom is -0.469 e. The molecular weight excluding hydrogens is 705 g/mol. The maximum absolute atomic E-state index is 6.90. The average Bonchev–Trinajstić information content (AvgIpc) is 3.79. The van der Waals surface area contributed by atoms with Crippen LogP contribution in [0.4, 0.5) is 28.4 Å². The summed E-state index contributed by atoms with van der Waals surface area (Å²) < 4.78 is 9.42. The molecule has 0 fully saturated rings. The number of benzene rings is 7. The lowest BCUT2D eigenvalue weighted by atomic mass is 9.62. The van der Waals surface area contributed by atoms with E-state index in [2.05, 4.69) is 200 Å². The van der Waals surface area contributed by atoms with E-state index in [1.807, 2.05) is 0 Å². The molecule has 0 amide bonds. The predicted molar refractivity (Wildman–Crippen MR) is 249 cm³/mol. The summed E-state index contributed by atoms with van der Waals surface area (Å²) in [5, 5.41) is 7.47. The number of aryl methyl sites for hydroxylation is 1. The van der Waals surface area contributed by atoms with E-state index < -0.39 is 0 Å². The molecule has 2 aromatic heterocycles. The van der Waals surface area contributed by atoms with Crippen LogP contribution in [0.15, 0.2) is 162 Å². The van der Waals surface area contributed by atoms with E-state index in [1.165, 1.54) is 63.2 Å². The van der Waals surface area contributed by atoms with Gasteiger partial charge in [0.1, 0.15) is 5.58 Å². The second-order valence-electron chi connectivity index (χ2n) is 16.8. The fraction of sp³-hybridized carbons (Fsp3) is 0.170. The molecule has 7 aromatic carbocycles. The average molecular weight is 754 g/mol. The predicted octanol–water partition coefficient (Wildman–Crippen LogP) is 13.1. The molecule has 4 nitrogen and oxygen atoms in total. The molecule has 0 spiro atoms. The van der Waals surface area contributed by atoms with Crippen molar-refractivity contribution in [3.8, 4) is 16.8 Å². The lowest BCUT2D eigenvalue weighted by Crippen LogP contribution is -2.36. The normalized spacial score (nSPS) is 12.2. The largest absolute Gasteiger partial charge is 0.469 e. The summed E-state index contributed by atoms with van der Waals surface area (Å²) in [6, 6.07) is 57.5. The fourth-order valence-corrected chi connectivity index (χ4v) is 9.06. The van der Waals surface area contributed by atoms with Gasteiger partial charge in [0.05, 0.1) is 28.1 Å². The minimum absolute atomic E-state index is 0.00269. The molecule has 1 N–H and O–H groups in total. The molecule has 1 aliphatic rings. The standard InChI is InChI=1S/C53H48BN3O/c1-5-6-9-18-35-27-30-37(31-28-35)55-44-25-16-14-23-40(44)42-34-46(56(38-19-10-7-11-20-38)39-21-12-8-13-22-39)48-41-24-15-17-26-45(41)57-50-43-33-36(53(2,3)4)29-32-47(43)58-52(50)54-49(42)51(48)57/h7-8,10-17,19-34,54-55H,5-6,9,18H2,1-4H3. The van der Waals surface area contributed by atoms with Crippen LogP contribution < -0.4 is 21.3 Å². The van der Waals surface area contributed by atoms with Crippen LogP contribution in [0.25, 0.3) is 49.6 Å². The van der Waals surface area contributed by atoms with Crippen LogP contribution in [0.5, 0.6) is 0 Å². The Labute approximate surface area is 342 Å². The quantitative estimate of drug-likeness (QED) is 0.112. The van der Waals surface area contributed by atoms with E-state index >= 15 is 0 Å². The van der Waals surface area contributed by atoms with Crippen molar-refractivity contribution in [3.63, 3.8) is 0 Å². The zero-order valence-corrected chi connectivity index (χ0v) is 33.8. The first-order valence-electron chi connectivity index (χ1n) is 20.9. The van der Waals surface area contributed by atoms with Crippen molar-refractivity contribution in [3.05, 3.63) is 169 Å². The highest BCUT2D eigenvalue weighted by atomic mass is 16.3. The molecule has 284 valence electrons. The van der Waals surface area contributed by atoms with Crippen molar-refractivity contribution in [2.24, 2.45) is 0 Å². The summed E-state index contributed by atoms with van der Waals surface area (Å²) in [6.45, 7) is 9.12. The lowest BCUT2D eigenvalue weighted by Gasteiger charge is -2.29. The first-order chi connectivity index (χ1) is 28.4. The van der Waals surface area contributed by atoms with Crippen molar-refractivity contribution in [1.29, 1.82) is 0 Å². The summed E-state index contributed by atoms with van der Waals surface area (Å²) >= 11 is 0. The molecule has 9 aromatic rings. The molecular formula is C53H48BN3O. The number of para-hydroxylation sites is 4. The molecule has 10 rings (SSSR count). The Morgan fingerprint density at radius 2 is 1.36 bits per heavy atom. The maximum atomic E-state index is 6.90. The summed E-state index contributed by atoms with van der Waals surface area (Å²) in [5.74, 6) is 0. The molecule has 3 heterocycles. The van der Waals surface area contributed by atoms with Crippen LogP contribution in [-0.2, 0) is 11.8 Å². The monoisotopic (exact) mass is 753 g/mol. The molecule has 0 saturated carbocycles. The van der Waals surface area contributed by atoms with Gasteiger partial charge in [-0.2, -0.15) is 0 Å². The highest BCUT2D eigenvalue weighted by Gasteiger charge is 2.34. The number of unbranched alkanes of at least 4 members (excludes halogenated alkanes) is 2. The maximum Gasteiger partial charge on any atom is 0.244 e. The van der Waals surface area contributed by atoms with Gasteiger partial charge < -0.3 is 19.2 Å². The molecule has 5 heteroatoms. The highest BCUT2D eigenvalue weighted by Crippen LogP contribution is 2.47. The number of aromatic nitrogens is 1. The molecule has 0 atom stereocenters. The Balaban J connectivity index is 1.27. The zero-order valence-electron chi connectivity index (χ0n) is 33.8. The van der Waals surface area contributed by atoms with Crippen LogP contribution in [0.3, 0.4) is 0 Å². The van der Waals surface area contributed by atoms with Gasteiger partial charge in [0.25, 0.3) is 0 Å². The zero-order chi connectivity index (χ0) is 39.4. The first kappa shape index (κ1) is 35.9. The summed E-state index contributed by atoms with van der Waals surface area (Å²) in [4.78, 5) is 2.44. The van der Waals surface area contributed by atoms with E-state index in [9.17, 15) is 0 Å². The van der Waals surface area contributed by atoms with Crippen molar-refractivity contribution < 1.29 is 4.42 Å². The molecule has 0 bridgehead atoms. The van der Waals surface area contributed by atoms with Crippen molar-refractivity contribution >= 4 is 79.6 Å². The SMILES string of the molecule is CCCCCc1ccc(Nc2ccccc2-c2cc(N(c3ccccc3)c3ccccc3)c3c4ccccc4n4c3c2Bc2oc3ccc(C(C)(C)C)cc3c2-4)cc1. The third kappa shape index (κ3) is 6.17. The molecule has 0 radical (unpaired) electrons. The topological polar surface area (TPSA) is 33.3 Å². The van der Waals surface area contributed by atoms with Crippen LogP contribution in [-0.4, -0.2) is 11.8 Å². The van der Waals surface area contributed by atoms with Crippen LogP contribution >= 0.6 is 0 Å². The molecule has 0 unspecified atom stereocenters. The number of fused-ring (bicyclic) bond motifs is 7. The number of hydrogen-bond donors (Lipinski definition) is 1. The van der Waals surface area contributed by atoms with Gasteiger partial charge in [0.2, 0.25) is 7.28 Å². The Morgan fingerprint density at radius 1 is 0.672 bits per heavy atom. The number of furan rings is 1. The van der Waals surface area contributed by atoms with Gasteiger partial charge in [-0.15, -0.1) is 0 Å². The van der Waals surface area contributed by atoms with Crippen molar-refractivity contribution in [1.82, 2.24) is 4.57 Å². The van der Waals surface area contributed by atoms with Gasteiger partial charge >= 0.3 is 0 Å². The Kier molecular flexibility index (Phi) is 8.97. The first-order valence-corrected chi connectivity index (χ1v) is 20.9. The number of anilines is 5. The lowest BCUT2D eigenvalue weighted by molar-refractivity contribution is 0.590. The van der Waals surface area contributed by atoms with E-state index in [0.29, 0.717) is 7.28 Å². The molecule has 0 saturated heterocycles. The summed E-state index contributed by atoms with van der Waals surface area (Å²) in [6.07, 6.45) is 4.84. The van der Waals surface area contributed by atoms with E-state index in [-0.39, 0.29) is 5.41 Å². The van der Waals surface area contributed by atoms with Crippen molar-refractivity contribution in [2.45, 2.75) is 58.8 Å². The van der Waals surface area contributed by atoms with Gasteiger partial charge in [-0.05, 0) is 107 Å². The van der Waals surface area contributed by atoms with Gasteiger partial charge in [-0.3, -0.25) is 0 Å². The fourth-order valence-electron chi connectivity index (χ4n) is 9.06. The Bertz CT molecular complexity index is 2900. The summed E-state index contributed by atoms with van der Waals surface area (Å²) in [5.41, 5.74) is 17.3. The number of hydrogen-bond acceptors (Lipinski definition) is 3. The van der Waals surface area contributed by atoms with E-state index in [1.54, 1.807) is 0 Å². The highest BCUT2D eigenvalue weighted by molar-refractivity contribution is 6.73. The molecule has 1 aliphatic heterocycles. The van der Waals surface area contributed by atoms with E-state index in [0.717, 1.165) is 62.7 Å². The number of nitrogens with zero attached hydrogens (tertiary/aromatic N) is 2. The van der Waals surface area contributed by atoms with Crippen LogP contribution in [0.1, 0.15) is 58.1 Å².